The molecule has 1 N–H and O–H groups in total. The molecule has 23 heavy (non-hydrogen) atoms. The van der Waals surface area contributed by atoms with Gasteiger partial charge in [0.25, 0.3) is 5.69 Å². The van der Waals surface area contributed by atoms with E-state index in [2.05, 4.69) is 10.3 Å². The molecule has 2 aromatic rings. The van der Waals surface area contributed by atoms with Crippen LogP contribution in [0.25, 0.3) is 0 Å². The number of nitrogens with zero attached hydrogens (tertiary/aromatic N) is 2. The number of hydrogen-bond acceptors (Lipinski definition) is 7. The van der Waals surface area contributed by atoms with E-state index in [1.165, 1.54) is 18.3 Å². The summed E-state index contributed by atoms with van der Waals surface area (Å²) in [5.41, 5.74) is 1.45. The molecule has 2 heterocycles. The summed E-state index contributed by atoms with van der Waals surface area (Å²) >= 11 is 0. The summed E-state index contributed by atoms with van der Waals surface area (Å²) in [4.78, 5) is 26.0. The first-order valence-electron chi connectivity index (χ1n) is 6.93. The highest BCUT2D eigenvalue weighted by atomic mass is 16.6. The smallest absolute Gasteiger partial charge is 0.356 e. The number of carbonyl (C=O) groups is 1. The highest BCUT2D eigenvalue weighted by Gasteiger charge is 2.26. The Morgan fingerprint density at radius 2 is 2.26 bits per heavy atom. The molecule has 0 aliphatic carbocycles. The van der Waals surface area contributed by atoms with Crippen molar-refractivity contribution in [3.05, 3.63) is 57.9 Å². The zero-order valence-corrected chi connectivity index (χ0v) is 12.2. The van der Waals surface area contributed by atoms with Crippen LogP contribution in [-0.2, 0) is 4.74 Å². The number of non-ortho nitro benzene ring substituents is 1. The molecule has 1 aliphatic rings. The second kappa shape index (κ2) is 5.91. The highest BCUT2D eigenvalue weighted by molar-refractivity contribution is 5.87. The number of nitro benzene ring substituents is 1. The third-order valence-electron chi connectivity index (χ3n) is 3.28. The number of ether oxygens (including phenoxy) is 2. The van der Waals surface area contributed by atoms with Crippen LogP contribution in [0, 0.1) is 10.1 Å². The predicted molar refractivity (Wildman–Crippen MR) is 80.3 cm³/mol. The van der Waals surface area contributed by atoms with E-state index in [9.17, 15) is 14.9 Å². The van der Waals surface area contributed by atoms with Gasteiger partial charge in [0, 0.05) is 17.8 Å². The number of nitrogens with one attached hydrogen (secondary N) is 1. The number of carbonyl (C=O) groups excluding carboxylic acids is 1. The zero-order chi connectivity index (χ0) is 16.4. The van der Waals surface area contributed by atoms with Gasteiger partial charge in [-0.05, 0) is 25.1 Å². The number of nitro groups is 1. The van der Waals surface area contributed by atoms with Crippen molar-refractivity contribution in [1.29, 1.82) is 0 Å². The quantitative estimate of drug-likeness (QED) is 0.525. The maximum absolute atomic E-state index is 11.7. The number of aromatic nitrogens is 1. The van der Waals surface area contributed by atoms with E-state index in [-0.39, 0.29) is 18.0 Å². The first-order valence-corrected chi connectivity index (χ1v) is 6.93. The van der Waals surface area contributed by atoms with Crippen LogP contribution in [0.4, 0.5) is 11.4 Å². The second-order valence-electron chi connectivity index (χ2n) is 4.77. The highest BCUT2D eigenvalue weighted by Crippen LogP contribution is 2.39. The molecular formula is C15H13N3O5. The molecule has 0 fully saturated rings. The van der Waals surface area contributed by atoms with Gasteiger partial charge in [-0.25, -0.2) is 9.78 Å². The molecule has 8 nitrogen and oxygen atoms in total. The minimum atomic E-state index is -0.553. The molecule has 8 heteroatoms. The number of benzene rings is 1. The molecule has 0 saturated carbocycles. The standard InChI is InChI=1S/C15H13N3O5/c1-2-22-15(19)12-7-9(5-6-16-12)14-17-11-4-3-10(18(20)21)8-13(11)23-14/h3-8,14,17H,2H2,1H3. The lowest BCUT2D eigenvalue weighted by Gasteiger charge is -2.12. The van der Waals surface area contributed by atoms with Crippen molar-refractivity contribution in [3.63, 3.8) is 0 Å². The van der Waals surface area contributed by atoms with Gasteiger partial charge in [0.1, 0.15) is 5.69 Å². The molecule has 1 aliphatic heterocycles. The van der Waals surface area contributed by atoms with Gasteiger partial charge in [0.2, 0.25) is 0 Å². The number of pyridine rings is 1. The minimum Gasteiger partial charge on any atom is -0.464 e. The minimum absolute atomic E-state index is 0.0480. The van der Waals surface area contributed by atoms with E-state index < -0.39 is 17.1 Å². The van der Waals surface area contributed by atoms with E-state index in [1.807, 2.05) is 0 Å². The van der Waals surface area contributed by atoms with E-state index in [1.54, 1.807) is 25.1 Å². The zero-order valence-electron chi connectivity index (χ0n) is 12.2. The Morgan fingerprint density at radius 3 is 3.00 bits per heavy atom. The molecule has 1 aromatic carbocycles. The Labute approximate surface area is 131 Å². The fraction of sp³-hybridized carbons (Fsp3) is 0.200. The van der Waals surface area contributed by atoms with Crippen LogP contribution >= 0.6 is 0 Å². The van der Waals surface area contributed by atoms with Crippen LogP contribution in [0.15, 0.2) is 36.5 Å². The van der Waals surface area contributed by atoms with Gasteiger partial charge in [0.15, 0.2) is 12.0 Å². The molecule has 1 aromatic heterocycles. The molecule has 3 rings (SSSR count). The van der Waals surface area contributed by atoms with Crippen LogP contribution < -0.4 is 10.1 Å². The first-order chi connectivity index (χ1) is 11.1. The fourth-order valence-corrected chi connectivity index (χ4v) is 2.22. The Bertz CT molecular complexity index is 777. The van der Waals surface area contributed by atoms with Crippen molar-refractivity contribution in [2.24, 2.45) is 0 Å². The van der Waals surface area contributed by atoms with Crippen LogP contribution in [-0.4, -0.2) is 22.5 Å². The van der Waals surface area contributed by atoms with Crippen molar-refractivity contribution < 1.29 is 19.2 Å². The summed E-state index contributed by atoms with van der Waals surface area (Å²) in [7, 11) is 0. The van der Waals surface area contributed by atoms with Gasteiger partial charge in [-0.1, -0.05) is 0 Å². The van der Waals surface area contributed by atoms with Gasteiger partial charge >= 0.3 is 5.97 Å². The van der Waals surface area contributed by atoms with Gasteiger partial charge in [-0.3, -0.25) is 10.1 Å². The lowest BCUT2D eigenvalue weighted by atomic mass is 10.2. The van der Waals surface area contributed by atoms with Crippen LogP contribution in [0.3, 0.4) is 0 Å². The maximum atomic E-state index is 11.7. The van der Waals surface area contributed by atoms with Crippen molar-refractivity contribution in [1.82, 2.24) is 4.98 Å². The SMILES string of the molecule is CCOC(=O)c1cc(C2Nc3ccc([N+](=O)[O-])cc3O2)ccn1. The summed E-state index contributed by atoms with van der Waals surface area (Å²) in [6.07, 6.45) is 0.932. The van der Waals surface area contributed by atoms with Gasteiger partial charge in [-0.2, -0.15) is 0 Å². The van der Waals surface area contributed by atoms with Crippen LogP contribution in [0.1, 0.15) is 29.2 Å². The summed E-state index contributed by atoms with van der Waals surface area (Å²) in [5.74, 6) is -0.126. The normalized spacial score (nSPS) is 15.3. The molecule has 0 radical (unpaired) electrons. The van der Waals surface area contributed by atoms with Gasteiger partial charge in [-0.15, -0.1) is 0 Å². The number of hydrogen-bond donors (Lipinski definition) is 1. The maximum Gasteiger partial charge on any atom is 0.356 e. The Balaban J connectivity index is 1.83. The molecule has 1 atom stereocenters. The predicted octanol–water partition coefficient (Wildman–Crippen LogP) is 2.67. The first kappa shape index (κ1) is 14.8. The topological polar surface area (TPSA) is 104 Å². The average molecular weight is 315 g/mol. The fourth-order valence-electron chi connectivity index (χ4n) is 2.22. The average Bonchev–Trinajstić information content (AvgIpc) is 2.98. The molecule has 1 unspecified atom stereocenters. The summed E-state index contributed by atoms with van der Waals surface area (Å²) in [6, 6.07) is 7.60. The van der Waals surface area contributed by atoms with E-state index in [0.29, 0.717) is 17.0 Å². The largest absolute Gasteiger partial charge is 0.464 e. The Hall–Kier alpha value is -3.16. The molecule has 118 valence electrons. The number of esters is 1. The third kappa shape index (κ3) is 2.91. The van der Waals surface area contributed by atoms with E-state index >= 15 is 0 Å². The molecular weight excluding hydrogens is 302 g/mol. The number of rotatable bonds is 4. The molecule has 0 bridgehead atoms. The second-order valence-corrected chi connectivity index (χ2v) is 4.77. The number of fused-ring (bicyclic) bond motifs is 1. The molecule has 0 spiro atoms. The summed E-state index contributed by atoms with van der Waals surface area (Å²) < 4.78 is 10.6. The van der Waals surface area contributed by atoms with Crippen molar-refractivity contribution >= 4 is 17.3 Å². The van der Waals surface area contributed by atoms with Crippen molar-refractivity contribution in [3.8, 4) is 5.75 Å². The van der Waals surface area contributed by atoms with E-state index in [4.69, 9.17) is 9.47 Å². The third-order valence-corrected chi connectivity index (χ3v) is 3.28. The Morgan fingerprint density at radius 1 is 1.43 bits per heavy atom. The summed E-state index contributed by atoms with van der Waals surface area (Å²) in [6.45, 7) is 1.98. The number of anilines is 1. The van der Waals surface area contributed by atoms with Gasteiger partial charge < -0.3 is 14.8 Å². The van der Waals surface area contributed by atoms with Crippen LogP contribution in [0.5, 0.6) is 5.75 Å². The van der Waals surface area contributed by atoms with E-state index in [0.717, 1.165) is 0 Å². The monoisotopic (exact) mass is 315 g/mol. The molecule has 0 saturated heterocycles. The lowest BCUT2D eigenvalue weighted by Crippen LogP contribution is -2.13. The van der Waals surface area contributed by atoms with Crippen molar-refractivity contribution in [2.75, 3.05) is 11.9 Å². The lowest BCUT2D eigenvalue weighted by molar-refractivity contribution is -0.384. The van der Waals surface area contributed by atoms with Gasteiger partial charge in [0.05, 0.1) is 23.3 Å². The molecule has 0 amide bonds. The van der Waals surface area contributed by atoms with Crippen molar-refractivity contribution in [2.45, 2.75) is 13.2 Å². The Kier molecular flexibility index (Phi) is 3.80. The summed E-state index contributed by atoms with van der Waals surface area (Å²) in [5, 5.41) is 13.9. The van der Waals surface area contributed by atoms with Crippen LogP contribution in [0.2, 0.25) is 0 Å².